The lowest BCUT2D eigenvalue weighted by atomic mass is 9.79. The normalized spacial score (nSPS) is 17.3. The van der Waals surface area contributed by atoms with Gasteiger partial charge in [-0.25, -0.2) is 4.39 Å². The molecule has 2 aromatic rings. The maximum absolute atomic E-state index is 13.1. The van der Waals surface area contributed by atoms with Crippen molar-refractivity contribution in [3.8, 4) is 5.75 Å². The number of hydrogen-bond acceptors (Lipinski definition) is 5. The Morgan fingerprint density at radius 3 is 2.45 bits per heavy atom. The van der Waals surface area contributed by atoms with Crippen LogP contribution in [0.5, 0.6) is 5.75 Å². The number of carbonyl (C=O) groups is 2. The molecule has 0 bridgehead atoms. The van der Waals surface area contributed by atoms with Gasteiger partial charge in [-0.15, -0.1) is 0 Å². The molecule has 1 saturated heterocycles. The van der Waals surface area contributed by atoms with E-state index in [1.807, 2.05) is 37.4 Å². The fourth-order valence-corrected chi connectivity index (χ4v) is 4.48. The van der Waals surface area contributed by atoms with Crippen LogP contribution in [0.15, 0.2) is 78.5 Å². The highest BCUT2D eigenvalue weighted by Crippen LogP contribution is 2.45. The fourth-order valence-electron chi connectivity index (χ4n) is 4.48. The van der Waals surface area contributed by atoms with Crippen molar-refractivity contribution in [3.05, 3.63) is 95.5 Å². The van der Waals surface area contributed by atoms with Crippen LogP contribution in [0, 0.1) is 5.82 Å². The van der Waals surface area contributed by atoms with Crippen LogP contribution in [-0.2, 0) is 4.79 Å². The Hall–Kier alpha value is -3.87. The molecule has 1 fully saturated rings. The molecule has 170 valence electrons. The zero-order valence-corrected chi connectivity index (χ0v) is 18.4. The third kappa shape index (κ3) is 4.14. The van der Waals surface area contributed by atoms with E-state index in [0.717, 1.165) is 28.7 Å². The van der Waals surface area contributed by atoms with E-state index in [2.05, 4.69) is 11.9 Å². The molecule has 0 aromatic heterocycles. The van der Waals surface area contributed by atoms with Crippen molar-refractivity contribution in [2.24, 2.45) is 5.73 Å². The molecule has 3 N–H and O–H groups in total. The lowest BCUT2D eigenvalue weighted by molar-refractivity contribution is -0.130. The molecule has 0 unspecified atom stereocenters. The van der Waals surface area contributed by atoms with Crippen LogP contribution in [0.4, 0.5) is 4.39 Å². The summed E-state index contributed by atoms with van der Waals surface area (Å²) in [6.07, 6.45) is 4.02. The Bertz CT molecular complexity index is 1160. The molecule has 2 aromatic carbocycles. The van der Waals surface area contributed by atoms with Crippen LogP contribution in [0.3, 0.4) is 0 Å². The third-order valence-corrected chi connectivity index (χ3v) is 6.20. The van der Waals surface area contributed by atoms with Gasteiger partial charge in [0.2, 0.25) is 0 Å². The number of carbonyl (C=O) groups excluding carboxylic acids is 2. The van der Waals surface area contributed by atoms with Gasteiger partial charge in [-0.05, 0) is 36.4 Å². The topological polar surface area (TPSA) is 84.7 Å². The fraction of sp³-hybridized carbons (Fsp3) is 0.231. The van der Waals surface area contributed by atoms with Crippen molar-refractivity contribution in [1.82, 2.24) is 10.2 Å². The van der Waals surface area contributed by atoms with E-state index in [9.17, 15) is 14.0 Å². The molecule has 4 rings (SSSR count). The number of benzene rings is 2. The molecule has 0 atom stereocenters. The molecule has 0 radical (unpaired) electrons. The number of nitrogens with one attached hydrogen (secondary N) is 1. The number of nitrogens with zero attached hydrogens (tertiary/aromatic N) is 1. The first-order valence-electron chi connectivity index (χ1n) is 10.8. The van der Waals surface area contributed by atoms with Crippen molar-refractivity contribution >= 4 is 17.4 Å². The van der Waals surface area contributed by atoms with Crippen LogP contribution in [0.2, 0.25) is 0 Å². The number of halogens is 1. The molecule has 1 amide bonds. The number of nitrogens with two attached hydrogens (primary N) is 1. The molecule has 0 saturated carbocycles. The minimum atomic E-state index is -0.604. The van der Waals surface area contributed by atoms with Gasteiger partial charge in [-0.1, -0.05) is 24.8 Å². The average molecular weight is 448 g/mol. The highest BCUT2D eigenvalue weighted by atomic mass is 19.1. The molecule has 2 aliphatic rings. The Morgan fingerprint density at radius 2 is 1.82 bits per heavy atom. The zero-order valence-electron chi connectivity index (χ0n) is 18.4. The Kier molecular flexibility index (Phi) is 6.05. The van der Waals surface area contributed by atoms with E-state index in [-0.39, 0.29) is 11.3 Å². The number of piperidine rings is 1. The minimum absolute atomic E-state index is 0.148. The first-order chi connectivity index (χ1) is 15.9. The molecule has 1 spiro atoms. The highest BCUT2D eigenvalue weighted by Gasteiger charge is 2.44. The smallest absolute Gasteiger partial charge is 0.269 e. The summed E-state index contributed by atoms with van der Waals surface area (Å²) in [7, 11) is 1.87. The van der Waals surface area contributed by atoms with E-state index < -0.39 is 23.1 Å². The first kappa shape index (κ1) is 22.3. The summed E-state index contributed by atoms with van der Waals surface area (Å²) >= 11 is 0. The summed E-state index contributed by atoms with van der Waals surface area (Å²) in [4.78, 5) is 26.9. The van der Waals surface area contributed by atoms with E-state index >= 15 is 0 Å². The van der Waals surface area contributed by atoms with Crippen LogP contribution in [0.1, 0.15) is 28.8 Å². The quantitative estimate of drug-likeness (QED) is 0.542. The zero-order chi connectivity index (χ0) is 23.6. The van der Waals surface area contributed by atoms with Crippen LogP contribution in [-0.4, -0.2) is 42.3 Å². The molecule has 6 nitrogen and oxygen atoms in total. The average Bonchev–Trinajstić information content (AvgIpc) is 2.83. The van der Waals surface area contributed by atoms with Crippen molar-refractivity contribution in [2.45, 2.75) is 18.4 Å². The van der Waals surface area contributed by atoms with Crippen LogP contribution < -0.4 is 15.8 Å². The second-order valence-electron chi connectivity index (χ2n) is 8.10. The van der Waals surface area contributed by atoms with Gasteiger partial charge in [0.15, 0.2) is 5.78 Å². The SMILES string of the molecule is C=CC1=C(NC)c2ccccc2OC12CCN(C(=O)C(N)=CC(=O)c1ccc(F)cc1)CC2. The maximum atomic E-state index is 13.1. The van der Waals surface area contributed by atoms with Gasteiger partial charge in [-0.2, -0.15) is 0 Å². The molecule has 33 heavy (non-hydrogen) atoms. The van der Waals surface area contributed by atoms with Crippen LogP contribution in [0.25, 0.3) is 5.70 Å². The predicted molar refractivity (Wildman–Crippen MR) is 125 cm³/mol. The van der Waals surface area contributed by atoms with Gasteiger partial charge >= 0.3 is 0 Å². The molecule has 2 aliphatic heterocycles. The van der Waals surface area contributed by atoms with E-state index in [4.69, 9.17) is 10.5 Å². The summed E-state index contributed by atoms with van der Waals surface area (Å²) < 4.78 is 19.6. The van der Waals surface area contributed by atoms with E-state index in [0.29, 0.717) is 25.9 Å². The number of ether oxygens (including phenoxy) is 1. The molecular weight excluding hydrogens is 421 g/mol. The standard InChI is InChI=1S/C26H26FN3O3/c1-3-20-24(29-2)19-6-4-5-7-23(19)33-26(20)12-14-30(15-13-26)25(32)21(28)16-22(31)17-8-10-18(27)11-9-17/h3-11,16,29H,1,12-15,28H2,2H3. The summed E-state index contributed by atoms with van der Waals surface area (Å²) in [5.74, 6) is -0.508. The first-order valence-corrected chi connectivity index (χ1v) is 10.8. The van der Waals surface area contributed by atoms with Gasteiger partial charge in [0.25, 0.3) is 5.91 Å². The molecule has 7 heteroatoms. The van der Waals surface area contributed by atoms with E-state index in [1.54, 1.807) is 4.90 Å². The van der Waals surface area contributed by atoms with Crippen molar-refractivity contribution in [2.75, 3.05) is 20.1 Å². The lowest BCUT2D eigenvalue weighted by Crippen LogP contribution is -2.53. The molecular formula is C26H26FN3O3. The summed E-state index contributed by atoms with van der Waals surface area (Å²) in [5.41, 5.74) is 8.38. The molecule has 0 aliphatic carbocycles. The van der Waals surface area contributed by atoms with Crippen LogP contribution >= 0.6 is 0 Å². The third-order valence-electron chi connectivity index (χ3n) is 6.20. The lowest BCUT2D eigenvalue weighted by Gasteiger charge is -2.46. The minimum Gasteiger partial charge on any atom is -0.482 e. The summed E-state index contributed by atoms with van der Waals surface area (Å²) in [5, 5.41) is 3.28. The van der Waals surface area contributed by atoms with Crippen molar-refractivity contribution in [3.63, 3.8) is 0 Å². The monoisotopic (exact) mass is 447 g/mol. The van der Waals surface area contributed by atoms with Gasteiger partial charge in [0.05, 0.1) is 5.70 Å². The number of para-hydroxylation sites is 1. The number of likely N-dealkylation sites (tertiary alicyclic amines) is 1. The number of fused-ring (bicyclic) bond motifs is 1. The summed E-state index contributed by atoms with van der Waals surface area (Å²) in [6, 6.07) is 12.9. The second kappa shape index (κ2) is 8.94. The number of ketones is 1. The van der Waals surface area contributed by atoms with Crippen molar-refractivity contribution < 1.29 is 18.7 Å². The number of rotatable bonds is 5. The Labute approximate surface area is 192 Å². The Balaban J connectivity index is 1.51. The van der Waals surface area contributed by atoms with E-state index in [1.165, 1.54) is 24.3 Å². The van der Waals surface area contributed by atoms with Gasteiger partial charge in [0, 0.05) is 55.8 Å². The van der Waals surface area contributed by atoms with Gasteiger partial charge in [0.1, 0.15) is 22.9 Å². The number of amides is 1. The molecule has 2 heterocycles. The Morgan fingerprint density at radius 1 is 1.15 bits per heavy atom. The predicted octanol–water partition coefficient (Wildman–Crippen LogP) is 3.42. The summed E-state index contributed by atoms with van der Waals surface area (Å²) in [6.45, 7) is 4.83. The number of hydrogen-bond donors (Lipinski definition) is 2. The maximum Gasteiger partial charge on any atom is 0.269 e. The number of allylic oxidation sites excluding steroid dienone is 1. The highest BCUT2D eigenvalue weighted by molar-refractivity contribution is 6.09. The van der Waals surface area contributed by atoms with Gasteiger partial charge < -0.3 is 20.7 Å². The second-order valence-corrected chi connectivity index (χ2v) is 8.10. The van der Waals surface area contributed by atoms with Crippen molar-refractivity contribution in [1.29, 1.82) is 0 Å². The van der Waals surface area contributed by atoms with Gasteiger partial charge in [-0.3, -0.25) is 9.59 Å². The largest absolute Gasteiger partial charge is 0.482 e.